The Bertz CT molecular complexity index is 531. The average molecular weight is 309 g/mol. The maximum atomic E-state index is 11.2. The second-order valence-electron chi connectivity index (χ2n) is 3.43. The number of aliphatic carboxylic acids is 1. The lowest BCUT2D eigenvalue weighted by Gasteiger charge is -2.13. The number of nitrogens with zero attached hydrogens (tertiary/aromatic N) is 2. The molecular weight excluding hydrogens is 300 g/mol. The molecule has 5 nitrogen and oxygen atoms in total. The van der Waals surface area contributed by atoms with Crippen molar-refractivity contribution in [1.82, 2.24) is 9.97 Å². The molecule has 0 spiro atoms. The molecule has 0 aliphatic rings. The molecule has 2 rings (SSSR count). The van der Waals surface area contributed by atoms with Gasteiger partial charge in [-0.25, -0.2) is 14.8 Å². The summed E-state index contributed by atoms with van der Waals surface area (Å²) >= 11 is 3.19. The van der Waals surface area contributed by atoms with Gasteiger partial charge in [-0.1, -0.05) is 30.3 Å². The quantitative estimate of drug-likeness (QED) is 0.939. The molecule has 0 aliphatic carbocycles. The molecule has 6 heteroatoms. The van der Waals surface area contributed by atoms with Crippen LogP contribution in [0.5, 0.6) is 6.01 Å². The molecule has 0 amide bonds. The molecular formula is C12H9BrN2O3. The number of rotatable bonds is 4. The minimum absolute atomic E-state index is 0.0226. The van der Waals surface area contributed by atoms with Crippen molar-refractivity contribution in [1.29, 1.82) is 0 Å². The van der Waals surface area contributed by atoms with E-state index in [9.17, 15) is 4.79 Å². The van der Waals surface area contributed by atoms with Gasteiger partial charge in [0.25, 0.3) is 0 Å². The van der Waals surface area contributed by atoms with Crippen LogP contribution in [0.15, 0.2) is 47.2 Å². The Labute approximate surface area is 112 Å². The zero-order valence-corrected chi connectivity index (χ0v) is 10.7. The van der Waals surface area contributed by atoms with Gasteiger partial charge in [-0.15, -0.1) is 0 Å². The van der Waals surface area contributed by atoms with E-state index in [0.717, 1.165) is 0 Å². The molecule has 0 saturated heterocycles. The molecule has 1 aromatic carbocycles. The van der Waals surface area contributed by atoms with Crippen molar-refractivity contribution in [2.75, 3.05) is 0 Å². The van der Waals surface area contributed by atoms with Crippen LogP contribution in [0.4, 0.5) is 0 Å². The van der Waals surface area contributed by atoms with Crippen LogP contribution in [0.1, 0.15) is 11.7 Å². The number of hydrogen-bond acceptors (Lipinski definition) is 4. The van der Waals surface area contributed by atoms with E-state index in [1.54, 1.807) is 30.3 Å². The van der Waals surface area contributed by atoms with Crippen molar-refractivity contribution in [2.45, 2.75) is 6.10 Å². The third-order valence-corrected chi connectivity index (χ3v) is 2.56. The highest BCUT2D eigenvalue weighted by Gasteiger charge is 2.22. The fraction of sp³-hybridized carbons (Fsp3) is 0.0833. The first-order chi connectivity index (χ1) is 8.66. The van der Waals surface area contributed by atoms with Gasteiger partial charge >= 0.3 is 12.0 Å². The van der Waals surface area contributed by atoms with Gasteiger partial charge in [0.2, 0.25) is 6.10 Å². The Morgan fingerprint density at radius 1 is 1.22 bits per heavy atom. The highest BCUT2D eigenvalue weighted by molar-refractivity contribution is 9.10. The highest BCUT2D eigenvalue weighted by Crippen LogP contribution is 2.19. The number of benzene rings is 1. The topological polar surface area (TPSA) is 72.3 Å². The Morgan fingerprint density at radius 2 is 1.83 bits per heavy atom. The molecule has 0 unspecified atom stereocenters. The maximum Gasteiger partial charge on any atom is 0.349 e. The third-order valence-electron chi connectivity index (χ3n) is 2.15. The van der Waals surface area contributed by atoms with Crippen LogP contribution in [0.3, 0.4) is 0 Å². The van der Waals surface area contributed by atoms with Crippen molar-refractivity contribution in [3.8, 4) is 6.01 Å². The van der Waals surface area contributed by atoms with Gasteiger partial charge in [0.05, 0.1) is 4.47 Å². The van der Waals surface area contributed by atoms with Crippen LogP contribution in [0, 0.1) is 0 Å². The van der Waals surface area contributed by atoms with Crippen LogP contribution in [-0.2, 0) is 4.79 Å². The van der Waals surface area contributed by atoms with Gasteiger partial charge in [0.1, 0.15) is 0 Å². The van der Waals surface area contributed by atoms with E-state index in [2.05, 4.69) is 25.9 Å². The molecule has 1 atom stereocenters. The molecule has 0 fully saturated rings. The van der Waals surface area contributed by atoms with Crippen LogP contribution >= 0.6 is 15.9 Å². The molecule has 0 saturated carbocycles. The number of hydrogen-bond donors (Lipinski definition) is 1. The van der Waals surface area contributed by atoms with Crippen molar-refractivity contribution in [2.24, 2.45) is 0 Å². The lowest BCUT2D eigenvalue weighted by Crippen LogP contribution is -2.19. The second kappa shape index (κ2) is 5.59. The van der Waals surface area contributed by atoms with Crippen LogP contribution in [0.25, 0.3) is 0 Å². The minimum atomic E-state index is -1.12. The van der Waals surface area contributed by atoms with Crippen molar-refractivity contribution in [3.05, 3.63) is 52.8 Å². The maximum absolute atomic E-state index is 11.2. The van der Waals surface area contributed by atoms with Crippen LogP contribution < -0.4 is 4.74 Å². The van der Waals surface area contributed by atoms with E-state index in [0.29, 0.717) is 10.0 Å². The second-order valence-corrected chi connectivity index (χ2v) is 4.35. The molecule has 0 aliphatic heterocycles. The predicted octanol–water partition coefficient (Wildman–Crippen LogP) is 2.44. The largest absolute Gasteiger partial charge is 0.478 e. The summed E-state index contributed by atoms with van der Waals surface area (Å²) in [4.78, 5) is 18.9. The minimum Gasteiger partial charge on any atom is -0.478 e. The lowest BCUT2D eigenvalue weighted by atomic mass is 10.1. The summed E-state index contributed by atoms with van der Waals surface area (Å²) < 4.78 is 5.97. The van der Waals surface area contributed by atoms with Gasteiger partial charge in [-0.2, -0.15) is 0 Å². The Hall–Kier alpha value is -1.95. The van der Waals surface area contributed by atoms with E-state index in [-0.39, 0.29) is 6.01 Å². The SMILES string of the molecule is O=C(O)[C@H](Oc1ncc(Br)cn1)c1ccccc1. The molecule has 2 aromatic rings. The normalized spacial score (nSPS) is 11.8. The fourth-order valence-corrected chi connectivity index (χ4v) is 1.56. The Kier molecular flexibility index (Phi) is 3.88. The van der Waals surface area contributed by atoms with Crippen LogP contribution in [-0.4, -0.2) is 21.0 Å². The van der Waals surface area contributed by atoms with Gasteiger partial charge < -0.3 is 9.84 Å². The van der Waals surface area contributed by atoms with E-state index in [1.807, 2.05) is 0 Å². The average Bonchev–Trinajstić information content (AvgIpc) is 2.38. The van der Waals surface area contributed by atoms with Crippen molar-refractivity contribution in [3.63, 3.8) is 0 Å². The van der Waals surface area contributed by atoms with Crippen LogP contribution in [0.2, 0.25) is 0 Å². The summed E-state index contributed by atoms with van der Waals surface area (Å²) in [7, 11) is 0. The first-order valence-corrected chi connectivity index (χ1v) is 5.88. The fourth-order valence-electron chi connectivity index (χ4n) is 1.36. The van der Waals surface area contributed by atoms with E-state index in [4.69, 9.17) is 9.84 Å². The number of halogens is 1. The van der Waals surface area contributed by atoms with E-state index >= 15 is 0 Å². The Balaban J connectivity index is 2.22. The van der Waals surface area contributed by atoms with Gasteiger partial charge in [0, 0.05) is 18.0 Å². The molecule has 18 heavy (non-hydrogen) atoms. The highest BCUT2D eigenvalue weighted by atomic mass is 79.9. The standard InChI is InChI=1S/C12H9BrN2O3/c13-9-6-14-12(15-7-9)18-10(11(16)17)8-4-2-1-3-5-8/h1-7,10H,(H,16,17)/t10-/m1/s1. The zero-order valence-electron chi connectivity index (χ0n) is 9.15. The molecule has 1 aromatic heterocycles. The monoisotopic (exact) mass is 308 g/mol. The van der Waals surface area contributed by atoms with E-state index < -0.39 is 12.1 Å². The summed E-state index contributed by atoms with van der Waals surface area (Å²) in [5.41, 5.74) is 0.538. The predicted molar refractivity (Wildman–Crippen MR) is 67.2 cm³/mol. The molecule has 92 valence electrons. The molecule has 1 heterocycles. The van der Waals surface area contributed by atoms with Gasteiger partial charge in [-0.3, -0.25) is 0 Å². The summed E-state index contributed by atoms with van der Waals surface area (Å²) in [6.45, 7) is 0. The number of ether oxygens (including phenoxy) is 1. The number of carbonyl (C=O) groups is 1. The van der Waals surface area contributed by atoms with Gasteiger partial charge in [0.15, 0.2) is 0 Å². The number of carboxylic acid groups (broad SMARTS) is 1. The van der Waals surface area contributed by atoms with Crippen molar-refractivity contribution < 1.29 is 14.6 Å². The van der Waals surface area contributed by atoms with Crippen molar-refractivity contribution >= 4 is 21.9 Å². The zero-order chi connectivity index (χ0) is 13.0. The summed E-state index contributed by atoms with van der Waals surface area (Å²) in [6, 6.07) is 8.68. The first-order valence-electron chi connectivity index (χ1n) is 5.09. The first kappa shape index (κ1) is 12.5. The third kappa shape index (κ3) is 3.04. The molecule has 0 bridgehead atoms. The smallest absolute Gasteiger partial charge is 0.349 e. The van der Waals surface area contributed by atoms with Gasteiger partial charge in [-0.05, 0) is 15.9 Å². The summed E-state index contributed by atoms with van der Waals surface area (Å²) in [6.07, 6.45) is 1.87. The Morgan fingerprint density at radius 3 is 2.39 bits per heavy atom. The lowest BCUT2D eigenvalue weighted by molar-refractivity contribution is -0.145. The summed E-state index contributed by atoms with van der Waals surface area (Å²) in [5.74, 6) is -1.09. The van der Waals surface area contributed by atoms with E-state index in [1.165, 1.54) is 12.4 Å². The molecule has 0 radical (unpaired) electrons. The molecule has 1 N–H and O–H groups in total. The number of aromatic nitrogens is 2. The number of carboxylic acids is 1. The summed E-state index contributed by atoms with van der Waals surface area (Å²) in [5, 5.41) is 9.15.